The van der Waals surface area contributed by atoms with Crippen molar-refractivity contribution in [1.29, 1.82) is 5.26 Å². The zero-order valence-electron chi connectivity index (χ0n) is 17.4. The van der Waals surface area contributed by atoms with E-state index in [0.717, 1.165) is 34.0 Å². The molecule has 3 nitrogen and oxygen atoms in total. The number of halogens is 1. The maximum atomic E-state index is 12.2. The second kappa shape index (κ2) is 11.3. The highest BCUT2D eigenvalue weighted by Crippen LogP contribution is 2.23. The molecule has 0 N–H and O–H groups in total. The molecule has 0 aromatic heterocycles. The molecule has 0 spiro atoms. The van der Waals surface area contributed by atoms with Gasteiger partial charge in [0.15, 0.2) is 0 Å². The molecule has 1 atom stereocenters. The topological polar surface area (TPSA) is 50.1 Å². The number of nitrogens with zero attached hydrogens (tertiary/aromatic N) is 1. The Morgan fingerprint density at radius 1 is 1.06 bits per heavy atom. The summed E-state index contributed by atoms with van der Waals surface area (Å²) in [4.78, 5) is 12.2. The van der Waals surface area contributed by atoms with Gasteiger partial charge in [0.2, 0.25) is 0 Å². The van der Waals surface area contributed by atoms with E-state index in [1.165, 1.54) is 12.7 Å². The lowest BCUT2D eigenvalue weighted by Gasteiger charge is -2.13. The predicted octanol–water partition coefficient (Wildman–Crippen LogP) is 6.81. The lowest BCUT2D eigenvalue weighted by atomic mass is 9.95. The molecule has 0 bridgehead atoms. The van der Waals surface area contributed by atoms with Gasteiger partial charge < -0.3 is 4.74 Å². The normalized spacial score (nSPS) is 11.8. The largest absolute Gasteiger partial charge is 0.469 e. The third kappa shape index (κ3) is 6.67. The molecule has 0 amide bonds. The quantitative estimate of drug-likeness (QED) is 0.337. The van der Waals surface area contributed by atoms with Crippen molar-refractivity contribution in [2.24, 2.45) is 5.92 Å². The minimum absolute atomic E-state index is 0.176. The predicted molar refractivity (Wildman–Crippen MR) is 128 cm³/mol. The molecule has 1 unspecified atom stereocenters. The number of hydrogen-bond acceptors (Lipinski definition) is 3. The lowest BCUT2D eigenvalue weighted by Crippen LogP contribution is -2.16. The summed E-state index contributed by atoms with van der Waals surface area (Å²) in [5.74, 6) is -0.353. The number of nitriles is 1. The van der Waals surface area contributed by atoms with Gasteiger partial charge in [0, 0.05) is 4.47 Å². The molecule has 0 aliphatic heterocycles. The fourth-order valence-electron chi connectivity index (χ4n) is 3.41. The molecule has 31 heavy (non-hydrogen) atoms. The molecule has 0 heterocycles. The van der Waals surface area contributed by atoms with Crippen molar-refractivity contribution >= 4 is 28.0 Å². The standard InChI is InChI=1S/C27H24BrNO2/c1-31-27(30)24(6-2-4-20-11-16-26(28)17-12-20)15-10-21-8-13-23(14-9-21)25-7-3-5-22(18-25)19-29/h2-5,7-9,11-14,16-18,24H,6,10,15H2,1H3/b4-2+. The zero-order valence-corrected chi connectivity index (χ0v) is 19.0. The summed E-state index contributed by atoms with van der Waals surface area (Å²) >= 11 is 3.43. The molecule has 3 rings (SSSR count). The van der Waals surface area contributed by atoms with Crippen molar-refractivity contribution in [3.63, 3.8) is 0 Å². The van der Waals surface area contributed by atoms with Gasteiger partial charge in [-0.1, -0.05) is 76.6 Å². The van der Waals surface area contributed by atoms with E-state index in [-0.39, 0.29) is 11.9 Å². The second-order valence-electron chi connectivity index (χ2n) is 7.34. The van der Waals surface area contributed by atoms with E-state index in [1.807, 2.05) is 54.6 Å². The Hall–Kier alpha value is -3.16. The number of ether oxygens (including phenoxy) is 1. The van der Waals surface area contributed by atoms with Gasteiger partial charge in [0.1, 0.15) is 0 Å². The summed E-state index contributed by atoms with van der Waals surface area (Å²) in [6, 6.07) is 26.1. The van der Waals surface area contributed by atoms with Crippen molar-refractivity contribution in [1.82, 2.24) is 0 Å². The maximum absolute atomic E-state index is 12.2. The number of hydrogen-bond donors (Lipinski definition) is 0. The van der Waals surface area contributed by atoms with Crippen LogP contribution in [0.1, 0.15) is 29.5 Å². The number of aryl methyl sites for hydroxylation is 1. The van der Waals surface area contributed by atoms with Crippen LogP contribution in [0.2, 0.25) is 0 Å². The van der Waals surface area contributed by atoms with Crippen molar-refractivity contribution < 1.29 is 9.53 Å². The first-order chi connectivity index (χ1) is 15.1. The fourth-order valence-corrected chi connectivity index (χ4v) is 3.68. The van der Waals surface area contributed by atoms with E-state index in [9.17, 15) is 4.79 Å². The lowest BCUT2D eigenvalue weighted by molar-refractivity contribution is -0.145. The molecule has 0 saturated heterocycles. The van der Waals surface area contributed by atoms with E-state index in [4.69, 9.17) is 10.00 Å². The minimum Gasteiger partial charge on any atom is -0.469 e. The summed E-state index contributed by atoms with van der Waals surface area (Å²) < 4.78 is 6.06. The van der Waals surface area contributed by atoms with Crippen molar-refractivity contribution in [3.05, 3.63) is 100 Å². The van der Waals surface area contributed by atoms with E-state index in [2.05, 4.69) is 46.3 Å². The van der Waals surface area contributed by atoms with Gasteiger partial charge in [-0.15, -0.1) is 0 Å². The molecule has 156 valence electrons. The van der Waals surface area contributed by atoms with Crippen LogP contribution in [0.25, 0.3) is 17.2 Å². The van der Waals surface area contributed by atoms with Crippen LogP contribution in [0, 0.1) is 17.2 Å². The highest BCUT2D eigenvalue weighted by molar-refractivity contribution is 9.10. The average molecular weight is 474 g/mol. The third-order valence-electron chi connectivity index (χ3n) is 5.20. The number of allylic oxidation sites excluding steroid dienone is 1. The Kier molecular flexibility index (Phi) is 8.20. The van der Waals surface area contributed by atoms with Crippen LogP contribution in [0.5, 0.6) is 0 Å². The molecule has 0 saturated carbocycles. The van der Waals surface area contributed by atoms with Crippen molar-refractivity contribution in [3.8, 4) is 17.2 Å². The Labute approximate surface area is 192 Å². The van der Waals surface area contributed by atoms with Gasteiger partial charge in [-0.2, -0.15) is 5.26 Å². The SMILES string of the molecule is COC(=O)C(C/C=C/c1ccc(Br)cc1)CCc1ccc(-c2cccc(C#N)c2)cc1. The van der Waals surface area contributed by atoms with E-state index >= 15 is 0 Å². The van der Waals surface area contributed by atoms with Gasteiger partial charge in [-0.05, 0) is 65.8 Å². The Morgan fingerprint density at radius 2 is 1.81 bits per heavy atom. The van der Waals surface area contributed by atoms with Gasteiger partial charge in [-0.3, -0.25) is 4.79 Å². The Balaban J connectivity index is 1.61. The Morgan fingerprint density at radius 3 is 2.48 bits per heavy atom. The van der Waals surface area contributed by atoms with E-state index in [1.54, 1.807) is 6.07 Å². The molecular formula is C27H24BrNO2. The van der Waals surface area contributed by atoms with Crippen LogP contribution in [0.15, 0.2) is 83.3 Å². The number of rotatable bonds is 8. The molecule has 0 fully saturated rings. The molecule has 0 aliphatic carbocycles. The summed E-state index contributed by atoms with van der Waals surface area (Å²) in [7, 11) is 1.44. The van der Waals surface area contributed by atoms with Gasteiger partial charge in [0.25, 0.3) is 0 Å². The first-order valence-electron chi connectivity index (χ1n) is 10.2. The number of carbonyl (C=O) groups is 1. The van der Waals surface area contributed by atoms with E-state index in [0.29, 0.717) is 12.0 Å². The fraction of sp³-hybridized carbons (Fsp3) is 0.185. The van der Waals surface area contributed by atoms with Crippen LogP contribution in [0.3, 0.4) is 0 Å². The van der Waals surface area contributed by atoms with E-state index < -0.39 is 0 Å². The first-order valence-corrected chi connectivity index (χ1v) is 11.0. The number of methoxy groups -OCH3 is 1. The molecule has 4 heteroatoms. The van der Waals surface area contributed by atoms with Crippen LogP contribution in [0.4, 0.5) is 0 Å². The Bertz CT molecular complexity index is 1080. The van der Waals surface area contributed by atoms with Crippen LogP contribution in [-0.2, 0) is 16.0 Å². The third-order valence-corrected chi connectivity index (χ3v) is 5.72. The molecule has 0 aliphatic rings. The highest BCUT2D eigenvalue weighted by Gasteiger charge is 2.17. The number of esters is 1. The van der Waals surface area contributed by atoms with Crippen molar-refractivity contribution in [2.75, 3.05) is 7.11 Å². The summed E-state index contributed by atoms with van der Waals surface area (Å²) in [6.45, 7) is 0. The van der Waals surface area contributed by atoms with Crippen LogP contribution < -0.4 is 0 Å². The number of benzene rings is 3. The summed E-state index contributed by atoms with van der Waals surface area (Å²) in [5, 5.41) is 9.08. The minimum atomic E-state index is -0.177. The maximum Gasteiger partial charge on any atom is 0.308 e. The molecular weight excluding hydrogens is 450 g/mol. The van der Waals surface area contributed by atoms with Gasteiger partial charge >= 0.3 is 5.97 Å². The second-order valence-corrected chi connectivity index (χ2v) is 8.25. The van der Waals surface area contributed by atoms with Crippen LogP contribution >= 0.6 is 15.9 Å². The summed E-state index contributed by atoms with van der Waals surface area (Å²) in [6.07, 6.45) is 6.23. The monoisotopic (exact) mass is 473 g/mol. The first kappa shape index (κ1) is 22.5. The zero-order chi connectivity index (χ0) is 22.1. The molecule has 3 aromatic rings. The molecule has 3 aromatic carbocycles. The van der Waals surface area contributed by atoms with Gasteiger partial charge in [-0.25, -0.2) is 0 Å². The van der Waals surface area contributed by atoms with Crippen LogP contribution in [-0.4, -0.2) is 13.1 Å². The number of carbonyl (C=O) groups excluding carboxylic acids is 1. The highest BCUT2D eigenvalue weighted by atomic mass is 79.9. The smallest absolute Gasteiger partial charge is 0.308 e. The summed E-state index contributed by atoms with van der Waals surface area (Å²) in [5.41, 5.74) is 5.02. The van der Waals surface area contributed by atoms with Crippen molar-refractivity contribution in [2.45, 2.75) is 19.3 Å². The molecule has 0 radical (unpaired) electrons. The average Bonchev–Trinajstić information content (AvgIpc) is 2.82. The van der Waals surface area contributed by atoms with Gasteiger partial charge in [0.05, 0.1) is 24.7 Å².